The van der Waals surface area contributed by atoms with Crippen LogP contribution in [-0.2, 0) is 6.54 Å². The SMILES string of the molecule is CC(C)Oc1ccc(CN2C[C@@H]3CCCN[C@@H]3C2)cc1. The first-order valence-corrected chi connectivity index (χ1v) is 7.92. The first kappa shape index (κ1) is 13.9. The Labute approximate surface area is 122 Å². The molecule has 1 N–H and O–H groups in total. The third-order valence-corrected chi connectivity index (χ3v) is 4.38. The predicted molar refractivity (Wildman–Crippen MR) is 82.0 cm³/mol. The minimum atomic E-state index is 0.244. The van der Waals surface area contributed by atoms with Crippen molar-refractivity contribution in [3.8, 4) is 5.75 Å². The highest BCUT2D eigenvalue weighted by atomic mass is 16.5. The largest absolute Gasteiger partial charge is 0.491 e. The third-order valence-electron chi connectivity index (χ3n) is 4.38. The summed E-state index contributed by atoms with van der Waals surface area (Å²) in [5.41, 5.74) is 1.39. The lowest BCUT2D eigenvalue weighted by atomic mass is 9.94. The van der Waals surface area contributed by atoms with Crippen molar-refractivity contribution in [3.05, 3.63) is 29.8 Å². The van der Waals surface area contributed by atoms with E-state index in [0.29, 0.717) is 0 Å². The van der Waals surface area contributed by atoms with Gasteiger partial charge >= 0.3 is 0 Å². The standard InChI is InChI=1S/C17H26N2O/c1-13(2)20-16-7-5-14(6-8-16)10-19-11-15-4-3-9-18-17(15)12-19/h5-8,13,15,17-18H,3-4,9-12H2,1-2H3/t15-,17+/m0/s1. The minimum Gasteiger partial charge on any atom is -0.491 e. The molecular formula is C17H26N2O. The van der Waals surface area contributed by atoms with Crippen molar-refractivity contribution in [2.75, 3.05) is 19.6 Å². The number of nitrogens with one attached hydrogen (secondary N) is 1. The van der Waals surface area contributed by atoms with Crippen LogP contribution in [0.5, 0.6) is 5.75 Å². The second-order valence-corrected chi connectivity index (χ2v) is 6.47. The Bertz CT molecular complexity index is 415. The van der Waals surface area contributed by atoms with E-state index in [9.17, 15) is 0 Å². The van der Waals surface area contributed by atoms with Crippen LogP contribution in [0.2, 0.25) is 0 Å². The smallest absolute Gasteiger partial charge is 0.119 e. The summed E-state index contributed by atoms with van der Waals surface area (Å²) in [7, 11) is 0. The maximum Gasteiger partial charge on any atom is 0.119 e. The average molecular weight is 274 g/mol. The zero-order chi connectivity index (χ0) is 13.9. The maximum atomic E-state index is 5.69. The van der Waals surface area contributed by atoms with Gasteiger partial charge in [0.15, 0.2) is 0 Å². The van der Waals surface area contributed by atoms with Crippen molar-refractivity contribution in [2.45, 2.75) is 45.4 Å². The van der Waals surface area contributed by atoms with Gasteiger partial charge in [0.1, 0.15) is 5.75 Å². The number of nitrogens with zero attached hydrogens (tertiary/aromatic N) is 1. The predicted octanol–water partition coefficient (Wildman–Crippen LogP) is 2.66. The van der Waals surface area contributed by atoms with Gasteiger partial charge in [-0.05, 0) is 56.8 Å². The van der Waals surface area contributed by atoms with E-state index in [-0.39, 0.29) is 6.10 Å². The van der Waals surface area contributed by atoms with Crippen molar-refractivity contribution in [2.24, 2.45) is 5.92 Å². The van der Waals surface area contributed by atoms with Crippen LogP contribution >= 0.6 is 0 Å². The van der Waals surface area contributed by atoms with Gasteiger partial charge in [0.2, 0.25) is 0 Å². The number of likely N-dealkylation sites (tertiary alicyclic amines) is 1. The van der Waals surface area contributed by atoms with Gasteiger partial charge in [-0.25, -0.2) is 0 Å². The third kappa shape index (κ3) is 3.33. The van der Waals surface area contributed by atoms with Gasteiger partial charge in [-0.2, -0.15) is 0 Å². The Balaban J connectivity index is 1.55. The van der Waals surface area contributed by atoms with Crippen molar-refractivity contribution in [1.29, 1.82) is 0 Å². The van der Waals surface area contributed by atoms with Crippen LogP contribution in [-0.4, -0.2) is 36.7 Å². The van der Waals surface area contributed by atoms with Crippen molar-refractivity contribution >= 4 is 0 Å². The van der Waals surface area contributed by atoms with Gasteiger partial charge in [-0.15, -0.1) is 0 Å². The lowest BCUT2D eigenvalue weighted by molar-refractivity contribution is 0.242. The van der Waals surface area contributed by atoms with E-state index in [2.05, 4.69) is 48.3 Å². The summed E-state index contributed by atoms with van der Waals surface area (Å²) in [6.45, 7) is 8.85. The van der Waals surface area contributed by atoms with Crippen LogP contribution in [0.25, 0.3) is 0 Å². The molecule has 0 aromatic heterocycles. The second kappa shape index (κ2) is 6.15. The number of rotatable bonds is 4. The summed E-state index contributed by atoms with van der Waals surface area (Å²) >= 11 is 0. The Hall–Kier alpha value is -1.06. The molecule has 3 nitrogen and oxygen atoms in total. The Kier molecular flexibility index (Phi) is 4.27. The zero-order valence-electron chi connectivity index (χ0n) is 12.6. The van der Waals surface area contributed by atoms with Crippen LogP contribution in [0, 0.1) is 5.92 Å². The van der Waals surface area contributed by atoms with Crippen LogP contribution in [0.1, 0.15) is 32.3 Å². The molecular weight excluding hydrogens is 248 g/mol. The summed E-state index contributed by atoms with van der Waals surface area (Å²) < 4.78 is 5.69. The molecule has 0 amide bonds. The fourth-order valence-corrected chi connectivity index (χ4v) is 3.47. The molecule has 1 aromatic rings. The quantitative estimate of drug-likeness (QED) is 0.913. The summed E-state index contributed by atoms with van der Waals surface area (Å²) in [4.78, 5) is 2.59. The van der Waals surface area contributed by atoms with E-state index in [4.69, 9.17) is 4.74 Å². The number of piperidine rings is 1. The van der Waals surface area contributed by atoms with Gasteiger partial charge in [-0.3, -0.25) is 4.90 Å². The molecule has 1 aromatic carbocycles. The van der Waals surface area contributed by atoms with Gasteiger partial charge in [0, 0.05) is 25.7 Å². The highest BCUT2D eigenvalue weighted by Gasteiger charge is 2.33. The minimum absolute atomic E-state index is 0.244. The Morgan fingerprint density at radius 3 is 2.75 bits per heavy atom. The van der Waals surface area contributed by atoms with Crippen LogP contribution in [0.15, 0.2) is 24.3 Å². The second-order valence-electron chi connectivity index (χ2n) is 6.47. The van der Waals surface area contributed by atoms with E-state index in [1.165, 1.54) is 38.0 Å². The van der Waals surface area contributed by atoms with E-state index in [1.54, 1.807) is 0 Å². The van der Waals surface area contributed by atoms with E-state index in [0.717, 1.165) is 24.3 Å². The molecule has 3 rings (SSSR count). The van der Waals surface area contributed by atoms with Crippen LogP contribution in [0.3, 0.4) is 0 Å². The lowest BCUT2D eigenvalue weighted by Crippen LogP contribution is -2.40. The molecule has 0 saturated carbocycles. The fraction of sp³-hybridized carbons (Fsp3) is 0.647. The number of hydrogen-bond acceptors (Lipinski definition) is 3. The molecule has 0 spiro atoms. The molecule has 20 heavy (non-hydrogen) atoms. The highest BCUT2D eigenvalue weighted by molar-refractivity contribution is 5.27. The van der Waals surface area contributed by atoms with Gasteiger partial charge in [0.05, 0.1) is 6.10 Å². The number of benzene rings is 1. The van der Waals surface area contributed by atoms with Gasteiger partial charge in [-0.1, -0.05) is 12.1 Å². The van der Waals surface area contributed by atoms with Crippen LogP contribution in [0.4, 0.5) is 0 Å². The van der Waals surface area contributed by atoms with E-state index in [1.807, 2.05) is 0 Å². The molecule has 2 fully saturated rings. The molecule has 0 unspecified atom stereocenters. The van der Waals surface area contributed by atoms with E-state index < -0.39 is 0 Å². The first-order valence-electron chi connectivity index (χ1n) is 7.92. The summed E-state index contributed by atoms with van der Waals surface area (Å²) in [6, 6.07) is 9.32. The fourth-order valence-electron chi connectivity index (χ4n) is 3.47. The average Bonchev–Trinajstić information content (AvgIpc) is 2.82. The van der Waals surface area contributed by atoms with E-state index >= 15 is 0 Å². The molecule has 2 heterocycles. The molecule has 3 heteroatoms. The van der Waals surface area contributed by atoms with Crippen molar-refractivity contribution < 1.29 is 4.74 Å². The lowest BCUT2D eigenvalue weighted by Gasteiger charge is -2.24. The molecule has 2 saturated heterocycles. The van der Waals surface area contributed by atoms with Crippen LogP contribution < -0.4 is 10.1 Å². The highest BCUT2D eigenvalue weighted by Crippen LogP contribution is 2.26. The van der Waals surface area contributed by atoms with Gasteiger partial charge < -0.3 is 10.1 Å². The molecule has 0 bridgehead atoms. The molecule has 110 valence electrons. The number of ether oxygens (including phenoxy) is 1. The molecule has 0 aliphatic carbocycles. The van der Waals surface area contributed by atoms with Crippen molar-refractivity contribution in [3.63, 3.8) is 0 Å². The van der Waals surface area contributed by atoms with Gasteiger partial charge in [0.25, 0.3) is 0 Å². The molecule has 2 atom stereocenters. The number of hydrogen-bond donors (Lipinski definition) is 1. The summed E-state index contributed by atoms with van der Waals surface area (Å²) in [6.07, 6.45) is 2.99. The summed E-state index contributed by atoms with van der Waals surface area (Å²) in [5, 5.41) is 3.67. The topological polar surface area (TPSA) is 24.5 Å². The molecule has 2 aliphatic rings. The summed E-state index contributed by atoms with van der Waals surface area (Å²) in [5.74, 6) is 1.84. The number of fused-ring (bicyclic) bond motifs is 1. The monoisotopic (exact) mass is 274 g/mol. The molecule has 0 radical (unpaired) electrons. The zero-order valence-corrected chi connectivity index (χ0v) is 12.6. The Morgan fingerprint density at radius 2 is 2.05 bits per heavy atom. The molecule has 2 aliphatic heterocycles. The normalized spacial score (nSPS) is 26.8. The first-order chi connectivity index (χ1) is 9.70. The Morgan fingerprint density at radius 1 is 1.25 bits per heavy atom. The van der Waals surface area contributed by atoms with Crippen molar-refractivity contribution in [1.82, 2.24) is 10.2 Å². The maximum absolute atomic E-state index is 5.69.